The van der Waals surface area contributed by atoms with Crippen molar-refractivity contribution in [1.29, 1.82) is 0 Å². The van der Waals surface area contributed by atoms with Crippen LogP contribution in [0.2, 0.25) is 0 Å². The maximum absolute atomic E-state index is 12.0. The number of amides is 1. The van der Waals surface area contributed by atoms with Crippen LogP contribution in [0.5, 0.6) is 11.5 Å². The smallest absolute Gasteiger partial charge is 0.224 e. The van der Waals surface area contributed by atoms with E-state index in [9.17, 15) is 14.7 Å². The van der Waals surface area contributed by atoms with Crippen molar-refractivity contribution in [2.24, 2.45) is 11.3 Å². The van der Waals surface area contributed by atoms with Gasteiger partial charge in [-0.05, 0) is 29.4 Å². The molecule has 0 spiro atoms. The molecule has 2 atom stereocenters. The van der Waals surface area contributed by atoms with E-state index in [0.717, 1.165) is 5.56 Å². The SMILES string of the molecule is COc1cc2c(cc1OC)C(C(C(=O)[O-])C(C)(C)C)CCC(=O)N2. The van der Waals surface area contributed by atoms with Gasteiger partial charge in [0.15, 0.2) is 11.5 Å². The fraction of sp³-hybridized carbons (Fsp3) is 0.556. The van der Waals surface area contributed by atoms with Gasteiger partial charge < -0.3 is 24.7 Å². The van der Waals surface area contributed by atoms with E-state index in [4.69, 9.17) is 9.47 Å². The van der Waals surface area contributed by atoms with Crippen LogP contribution in [-0.4, -0.2) is 26.1 Å². The summed E-state index contributed by atoms with van der Waals surface area (Å²) >= 11 is 0. The van der Waals surface area contributed by atoms with Crippen molar-refractivity contribution in [2.75, 3.05) is 19.5 Å². The Kier molecular flexibility index (Phi) is 5.06. The molecule has 2 unspecified atom stereocenters. The molecule has 6 nitrogen and oxygen atoms in total. The first-order valence-corrected chi connectivity index (χ1v) is 7.95. The summed E-state index contributed by atoms with van der Waals surface area (Å²) in [5.74, 6) is -1.35. The van der Waals surface area contributed by atoms with Crippen LogP contribution in [0.3, 0.4) is 0 Å². The van der Waals surface area contributed by atoms with Crippen LogP contribution in [-0.2, 0) is 9.59 Å². The topological polar surface area (TPSA) is 87.7 Å². The van der Waals surface area contributed by atoms with Crippen molar-refractivity contribution in [3.05, 3.63) is 17.7 Å². The number of anilines is 1. The molecule has 0 radical (unpaired) electrons. The monoisotopic (exact) mass is 334 g/mol. The molecule has 1 heterocycles. The average Bonchev–Trinajstić information content (AvgIpc) is 2.63. The summed E-state index contributed by atoms with van der Waals surface area (Å²) in [6.07, 6.45) is 0.689. The zero-order chi connectivity index (χ0) is 18.1. The summed E-state index contributed by atoms with van der Waals surface area (Å²) in [6, 6.07) is 3.44. The van der Waals surface area contributed by atoms with Gasteiger partial charge in [-0.3, -0.25) is 4.79 Å². The van der Waals surface area contributed by atoms with Crippen molar-refractivity contribution < 1.29 is 24.2 Å². The first-order chi connectivity index (χ1) is 11.2. The number of benzene rings is 1. The number of carbonyl (C=O) groups excluding carboxylic acids is 2. The molecule has 0 aliphatic carbocycles. The minimum absolute atomic E-state index is 0.142. The van der Waals surface area contributed by atoms with E-state index >= 15 is 0 Å². The predicted molar refractivity (Wildman–Crippen MR) is 88.1 cm³/mol. The lowest BCUT2D eigenvalue weighted by atomic mass is 9.69. The third kappa shape index (κ3) is 3.47. The second kappa shape index (κ2) is 6.71. The highest BCUT2D eigenvalue weighted by Gasteiger charge is 2.37. The van der Waals surface area contributed by atoms with Crippen molar-refractivity contribution in [3.63, 3.8) is 0 Å². The minimum atomic E-state index is -1.11. The Balaban J connectivity index is 2.64. The van der Waals surface area contributed by atoms with E-state index in [0.29, 0.717) is 23.6 Å². The van der Waals surface area contributed by atoms with Crippen LogP contribution in [0.1, 0.15) is 45.1 Å². The van der Waals surface area contributed by atoms with Crippen LogP contribution in [0.15, 0.2) is 12.1 Å². The number of aliphatic carboxylic acids is 1. The number of ether oxygens (including phenoxy) is 2. The number of carboxylic acids is 1. The van der Waals surface area contributed by atoms with E-state index in [-0.39, 0.29) is 18.2 Å². The Labute approximate surface area is 142 Å². The summed E-state index contributed by atoms with van der Waals surface area (Å²) in [4.78, 5) is 23.9. The maximum Gasteiger partial charge on any atom is 0.224 e. The molecule has 1 aliphatic rings. The van der Waals surface area contributed by atoms with Gasteiger partial charge >= 0.3 is 0 Å². The molecule has 24 heavy (non-hydrogen) atoms. The van der Waals surface area contributed by atoms with Crippen molar-refractivity contribution >= 4 is 17.6 Å². The van der Waals surface area contributed by atoms with Gasteiger partial charge in [-0.25, -0.2) is 0 Å². The van der Waals surface area contributed by atoms with Gasteiger partial charge in [0.05, 0.1) is 14.2 Å². The Bertz CT molecular complexity index is 648. The molecule has 1 aromatic carbocycles. The number of fused-ring (bicyclic) bond motifs is 1. The highest BCUT2D eigenvalue weighted by atomic mass is 16.5. The summed E-state index contributed by atoms with van der Waals surface area (Å²) < 4.78 is 10.6. The fourth-order valence-electron chi connectivity index (χ4n) is 3.43. The zero-order valence-corrected chi connectivity index (χ0v) is 14.8. The van der Waals surface area contributed by atoms with E-state index in [2.05, 4.69) is 5.32 Å². The average molecular weight is 334 g/mol. The molecule has 1 aromatic rings. The predicted octanol–water partition coefficient (Wildman–Crippen LogP) is 1.93. The van der Waals surface area contributed by atoms with E-state index in [1.54, 1.807) is 12.1 Å². The Hall–Kier alpha value is -2.24. The number of hydrogen-bond acceptors (Lipinski definition) is 5. The number of carboxylic acid groups (broad SMARTS) is 1. The minimum Gasteiger partial charge on any atom is -0.550 e. The lowest BCUT2D eigenvalue weighted by Gasteiger charge is -2.38. The van der Waals surface area contributed by atoms with Crippen LogP contribution in [0, 0.1) is 11.3 Å². The second-order valence-corrected chi connectivity index (χ2v) is 7.15. The summed E-state index contributed by atoms with van der Waals surface area (Å²) in [7, 11) is 3.04. The van der Waals surface area contributed by atoms with Crippen LogP contribution in [0.4, 0.5) is 5.69 Å². The number of methoxy groups -OCH3 is 2. The van der Waals surface area contributed by atoms with E-state index in [1.165, 1.54) is 14.2 Å². The van der Waals surface area contributed by atoms with Crippen LogP contribution in [0.25, 0.3) is 0 Å². The van der Waals surface area contributed by atoms with Gasteiger partial charge in [0.2, 0.25) is 5.91 Å². The number of nitrogens with one attached hydrogen (secondary N) is 1. The van der Waals surface area contributed by atoms with Gasteiger partial charge in [0.1, 0.15) is 0 Å². The third-order valence-electron chi connectivity index (χ3n) is 4.50. The van der Waals surface area contributed by atoms with Gasteiger partial charge in [0.25, 0.3) is 0 Å². The Morgan fingerprint density at radius 3 is 2.33 bits per heavy atom. The molecule has 132 valence electrons. The number of rotatable bonds is 4. The summed E-state index contributed by atoms with van der Waals surface area (Å²) in [5.41, 5.74) is 0.791. The first kappa shape index (κ1) is 18.1. The Morgan fingerprint density at radius 1 is 1.25 bits per heavy atom. The van der Waals surface area contributed by atoms with E-state index in [1.807, 2.05) is 20.8 Å². The van der Waals surface area contributed by atoms with Crippen molar-refractivity contribution in [1.82, 2.24) is 0 Å². The summed E-state index contributed by atoms with van der Waals surface area (Å²) in [5, 5.41) is 14.7. The Morgan fingerprint density at radius 2 is 1.83 bits per heavy atom. The molecule has 0 saturated heterocycles. The highest BCUT2D eigenvalue weighted by Crippen LogP contribution is 2.47. The van der Waals surface area contributed by atoms with Gasteiger partial charge in [-0.1, -0.05) is 20.8 Å². The first-order valence-electron chi connectivity index (χ1n) is 7.95. The zero-order valence-electron chi connectivity index (χ0n) is 14.8. The largest absolute Gasteiger partial charge is 0.550 e. The molecule has 0 bridgehead atoms. The molecule has 0 fully saturated rings. The lowest BCUT2D eigenvalue weighted by Crippen LogP contribution is -2.42. The van der Waals surface area contributed by atoms with E-state index < -0.39 is 17.3 Å². The van der Waals surface area contributed by atoms with Crippen molar-refractivity contribution in [2.45, 2.75) is 39.5 Å². The van der Waals surface area contributed by atoms with Gasteiger partial charge in [0, 0.05) is 30.1 Å². The number of carbonyl (C=O) groups is 2. The molecular weight excluding hydrogens is 310 g/mol. The van der Waals surface area contributed by atoms with Gasteiger partial charge in [-0.2, -0.15) is 0 Å². The third-order valence-corrected chi connectivity index (χ3v) is 4.50. The molecule has 1 amide bonds. The molecule has 2 rings (SSSR count). The normalized spacial score (nSPS) is 18.9. The second-order valence-electron chi connectivity index (χ2n) is 7.15. The van der Waals surface area contributed by atoms with Crippen LogP contribution >= 0.6 is 0 Å². The fourth-order valence-corrected chi connectivity index (χ4v) is 3.43. The quantitative estimate of drug-likeness (QED) is 0.909. The van der Waals surface area contributed by atoms with Gasteiger partial charge in [-0.15, -0.1) is 0 Å². The molecular formula is C18H24NO5-. The van der Waals surface area contributed by atoms with Crippen molar-refractivity contribution in [3.8, 4) is 11.5 Å². The summed E-state index contributed by atoms with van der Waals surface area (Å²) in [6.45, 7) is 5.61. The van der Waals surface area contributed by atoms with Crippen LogP contribution < -0.4 is 19.9 Å². The molecule has 1 aliphatic heterocycles. The standard InChI is InChI=1S/C18H25NO5/c1-18(2,3)16(17(21)22)10-6-7-15(20)19-12-9-14(24-5)13(23-4)8-11(10)12/h8-10,16H,6-7H2,1-5H3,(H,19,20)(H,21,22)/p-1. The molecule has 1 N–H and O–H groups in total. The molecule has 6 heteroatoms. The number of hydrogen-bond donors (Lipinski definition) is 1. The molecule has 0 saturated carbocycles. The molecule has 0 aromatic heterocycles. The lowest BCUT2D eigenvalue weighted by molar-refractivity contribution is -0.316. The highest BCUT2D eigenvalue weighted by molar-refractivity contribution is 5.93. The maximum atomic E-state index is 12.0.